The Morgan fingerprint density at radius 2 is 0.927 bits per heavy atom. The van der Waals surface area contributed by atoms with Crippen LogP contribution in [0.4, 0.5) is 0 Å². The maximum atomic E-state index is 5.29. The summed E-state index contributed by atoms with van der Waals surface area (Å²) in [6.45, 7) is 4.38. The summed E-state index contributed by atoms with van der Waals surface area (Å²) in [6.07, 6.45) is 0. The SMILES string of the molecule is Cc1c(-c2ccc3cc(-n4c5ccccc5c5ccccc54)ccc3c2)cccc1-c1nc(-c2ccccc2)nc(-c2cccc(-c3ccccc3)c2)c1C. The van der Waals surface area contributed by atoms with Crippen LogP contribution < -0.4 is 0 Å². The zero-order valence-electron chi connectivity index (χ0n) is 30.7. The Balaban J connectivity index is 1.08. The molecule has 0 saturated heterocycles. The molecule has 0 saturated carbocycles. The molecule has 0 radical (unpaired) electrons. The Bertz CT molecular complexity index is 3000. The fourth-order valence-corrected chi connectivity index (χ4v) is 8.20. The van der Waals surface area contributed by atoms with Crippen molar-refractivity contribution < 1.29 is 0 Å². The van der Waals surface area contributed by atoms with E-state index in [1.807, 2.05) is 18.2 Å². The molecule has 0 aliphatic rings. The van der Waals surface area contributed by atoms with Gasteiger partial charge in [-0.15, -0.1) is 0 Å². The highest BCUT2D eigenvalue weighted by molar-refractivity contribution is 6.09. The minimum atomic E-state index is 0.718. The van der Waals surface area contributed by atoms with E-state index in [9.17, 15) is 0 Å². The van der Waals surface area contributed by atoms with Crippen LogP contribution in [-0.4, -0.2) is 14.5 Å². The first-order chi connectivity index (χ1) is 27.1. The molecule has 3 nitrogen and oxygen atoms in total. The maximum absolute atomic E-state index is 5.29. The molecule has 2 heterocycles. The predicted molar refractivity (Wildman–Crippen MR) is 231 cm³/mol. The normalized spacial score (nSPS) is 11.5. The van der Waals surface area contributed by atoms with Gasteiger partial charge in [0.25, 0.3) is 0 Å². The average molecular weight is 704 g/mol. The van der Waals surface area contributed by atoms with Crippen LogP contribution in [-0.2, 0) is 0 Å². The summed E-state index contributed by atoms with van der Waals surface area (Å²) in [5.74, 6) is 0.718. The number of aromatic nitrogens is 3. The number of nitrogens with zero attached hydrogens (tertiary/aromatic N) is 3. The summed E-state index contributed by atoms with van der Waals surface area (Å²) < 4.78 is 2.38. The zero-order chi connectivity index (χ0) is 36.9. The van der Waals surface area contributed by atoms with Gasteiger partial charge in [-0.05, 0) is 88.8 Å². The summed E-state index contributed by atoms with van der Waals surface area (Å²) >= 11 is 0. The molecule has 8 aromatic carbocycles. The Hall–Kier alpha value is -7.10. The number of benzene rings is 8. The molecule has 260 valence electrons. The van der Waals surface area contributed by atoms with Crippen molar-refractivity contribution >= 4 is 32.6 Å². The lowest BCUT2D eigenvalue weighted by Gasteiger charge is -2.17. The van der Waals surface area contributed by atoms with E-state index >= 15 is 0 Å². The molecule has 0 amide bonds. The Morgan fingerprint density at radius 3 is 1.67 bits per heavy atom. The van der Waals surface area contributed by atoms with Crippen LogP contribution in [0.25, 0.3) is 94.4 Å². The van der Waals surface area contributed by atoms with Gasteiger partial charge in [-0.25, -0.2) is 9.97 Å². The number of hydrogen-bond acceptors (Lipinski definition) is 2. The smallest absolute Gasteiger partial charge is 0.160 e. The molecule has 0 aliphatic carbocycles. The van der Waals surface area contributed by atoms with Crippen molar-refractivity contribution in [2.24, 2.45) is 0 Å². The predicted octanol–water partition coefficient (Wildman–Crippen LogP) is 13.7. The van der Waals surface area contributed by atoms with Gasteiger partial charge >= 0.3 is 0 Å². The van der Waals surface area contributed by atoms with E-state index in [1.54, 1.807) is 0 Å². The van der Waals surface area contributed by atoms with Gasteiger partial charge in [0.05, 0.1) is 22.4 Å². The van der Waals surface area contributed by atoms with Crippen LogP contribution in [0.15, 0.2) is 188 Å². The van der Waals surface area contributed by atoms with Crippen molar-refractivity contribution in [3.05, 3.63) is 199 Å². The van der Waals surface area contributed by atoms with E-state index < -0.39 is 0 Å². The van der Waals surface area contributed by atoms with Gasteiger partial charge < -0.3 is 4.57 Å². The molecular weight excluding hydrogens is 667 g/mol. The van der Waals surface area contributed by atoms with Crippen LogP contribution in [0.3, 0.4) is 0 Å². The maximum Gasteiger partial charge on any atom is 0.160 e. The van der Waals surface area contributed by atoms with Crippen LogP contribution in [0.1, 0.15) is 11.1 Å². The van der Waals surface area contributed by atoms with Gasteiger partial charge in [0.15, 0.2) is 5.82 Å². The van der Waals surface area contributed by atoms with Crippen molar-refractivity contribution in [2.45, 2.75) is 13.8 Å². The summed E-state index contributed by atoms with van der Waals surface area (Å²) in [7, 11) is 0. The van der Waals surface area contributed by atoms with Gasteiger partial charge in [-0.2, -0.15) is 0 Å². The van der Waals surface area contributed by atoms with E-state index in [0.717, 1.165) is 50.7 Å². The molecule has 3 heteroatoms. The number of rotatable bonds is 6. The standard InChI is InChI=1S/C52H37N3/c1-34-44(41-28-27-40-33-43(30-29-39(40)31-41)55-48-25-11-9-21-46(48)47-22-10-12-26-49(47)55)23-14-24-45(34)51-35(2)50(53-52(54-51)37-17-7-4-8-18-37)42-20-13-19-38(32-42)36-15-5-3-6-16-36/h3-33H,1-2H3. The van der Waals surface area contributed by atoms with Gasteiger partial charge in [0, 0.05) is 38.7 Å². The molecule has 0 bridgehead atoms. The second-order valence-electron chi connectivity index (χ2n) is 14.3. The topological polar surface area (TPSA) is 30.7 Å². The number of para-hydroxylation sites is 2. The average Bonchev–Trinajstić information content (AvgIpc) is 3.59. The van der Waals surface area contributed by atoms with Crippen molar-refractivity contribution in [3.63, 3.8) is 0 Å². The summed E-state index contributed by atoms with van der Waals surface area (Å²) in [4.78, 5) is 10.5. The van der Waals surface area contributed by atoms with Crippen molar-refractivity contribution in [1.29, 1.82) is 0 Å². The molecule has 0 spiro atoms. The molecule has 0 N–H and O–H groups in total. The fourth-order valence-electron chi connectivity index (χ4n) is 8.20. The van der Waals surface area contributed by atoms with Crippen LogP contribution in [0, 0.1) is 13.8 Å². The van der Waals surface area contributed by atoms with Gasteiger partial charge in [-0.3, -0.25) is 0 Å². The second kappa shape index (κ2) is 13.4. The summed E-state index contributed by atoms with van der Waals surface area (Å²) in [5.41, 5.74) is 15.6. The molecule has 10 rings (SSSR count). The molecule has 0 atom stereocenters. The lowest BCUT2D eigenvalue weighted by Crippen LogP contribution is -2.02. The van der Waals surface area contributed by atoms with Gasteiger partial charge in [0.1, 0.15) is 0 Å². The first-order valence-corrected chi connectivity index (χ1v) is 18.8. The third-order valence-electron chi connectivity index (χ3n) is 11.0. The second-order valence-corrected chi connectivity index (χ2v) is 14.3. The fraction of sp³-hybridized carbons (Fsp3) is 0.0385. The Morgan fingerprint density at radius 1 is 0.364 bits per heavy atom. The quantitative estimate of drug-likeness (QED) is 0.173. The first-order valence-electron chi connectivity index (χ1n) is 18.8. The van der Waals surface area contributed by atoms with E-state index in [1.165, 1.54) is 54.8 Å². The molecule has 2 aromatic heterocycles. The highest BCUT2D eigenvalue weighted by Crippen LogP contribution is 2.39. The van der Waals surface area contributed by atoms with Crippen molar-refractivity contribution in [2.75, 3.05) is 0 Å². The molecule has 0 fully saturated rings. The third kappa shape index (κ3) is 5.69. The third-order valence-corrected chi connectivity index (χ3v) is 11.0. The minimum Gasteiger partial charge on any atom is -0.309 e. The molecule has 55 heavy (non-hydrogen) atoms. The summed E-state index contributed by atoms with van der Waals surface area (Å²) in [6, 6.07) is 67.1. The van der Waals surface area contributed by atoms with E-state index in [-0.39, 0.29) is 0 Å². The Kier molecular flexibility index (Phi) is 7.92. The first kappa shape index (κ1) is 32.5. The highest BCUT2D eigenvalue weighted by atomic mass is 15.0. The molecular formula is C52H37N3. The van der Waals surface area contributed by atoms with Crippen LogP contribution >= 0.6 is 0 Å². The van der Waals surface area contributed by atoms with Crippen LogP contribution in [0.2, 0.25) is 0 Å². The molecule has 10 aromatic rings. The van der Waals surface area contributed by atoms with Crippen molar-refractivity contribution in [3.8, 4) is 61.8 Å². The van der Waals surface area contributed by atoms with E-state index in [0.29, 0.717) is 0 Å². The minimum absolute atomic E-state index is 0.718. The highest BCUT2D eigenvalue weighted by Gasteiger charge is 2.19. The van der Waals surface area contributed by atoms with Crippen LogP contribution in [0.5, 0.6) is 0 Å². The summed E-state index contributed by atoms with van der Waals surface area (Å²) in [5, 5.41) is 4.95. The molecule has 0 aliphatic heterocycles. The monoisotopic (exact) mass is 703 g/mol. The Labute approximate surface area is 320 Å². The van der Waals surface area contributed by atoms with Gasteiger partial charge in [-0.1, -0.05) is 152 Å². The number of hydrogen-bond donors (Lipinski definition) is 0. The zero-order valence-corrected chi connectivity index (χ0v) is 30.7. The lowest BCUT2D eigenvalue weighted by atomic mass is 9.91. The van der Waals surface area contributed by atoms with E-state index in [2.05, 4.69) is 188 Å². The van der Waals surface area contributed by atoms with E-state index in [4.69, 9.17) is 9.97 Å². The number of fused-ring (bicyclic) bond motifs is 4. The van der Waals surface area contributed by atoms with Gasteiger partial charge in [0.2, 0.25) is 0 Å². The van der Waals surface area contributed by atoms with Crippen molar-refractivity contribution in [1.82, 2.24) is 14.5 Å². The lowest BCUT2D eigenvalue weighted by molar-refractivity contribution is 1.14. The molecule has 0 unspecified atom stereocenters. The largest absolute Gasteiger partial charge is 0.309 e.